The molecule has 0 aliphatic heterocycles. The van der Waals surface area contributed by atoms with Crippen molar-refractivity contribution in [2.24, 2.45) is 0 Å². The molecule has 0 aliphatic rings. The summed E-state index contributed by atoms with van der Waals surface area (Å²) in [6.07, 6.45) is -1.90. The van der Waals surface area contributed by atoms with Crippen LogP contribution in [0.4, 0.5) is 4.39 Å². The molecule has 0 radical (unpaired) electrons. The highest BCUT2D eigenvalue weighted by atomic mass is 19.1. The Morgan fingerprint density at radius 3 is 2.64 bits per heavy atom. The Kier molecular flexibility index (Phi) is 2.79. The minimum atomic E-state index is -1.90. The Morgan fingerprint density at radius 1 is 1.57 bits per heavy atom. The highest BCUT2D eigenvalue weighted by Gasteiger charge is 2.19. The van der Waals surface area contributed by atoms with Gasteiger partial charge in [0.15, 0.2) is 6.10 Å². The lowest BCUT2D eigenvalue weighted by atomic mass is 10.1. The zero-order valence-electron chi connectivity index (χ0n) is 6.94. The van der Waals surface area contributed by atoms with E-state index in [1.54, 1.807) is 6.07 Å². The van der Waals surface area contributed by atoms with E-state index in [4.69, 9.17) is 15.5 Å². The number of hydrogen-bond donors (Lipinski definition) is 2. The maximum Gasteiger partial charge on any atom is 0.337 e. The van der Waals surface area contributed by atoms with Crippen LogP contribution in [0.2, 0.25) is 0 Å². The molecule has 0 aliphatic carbocycles. The molecule has 0 bridgehead atoms. The second-order valence-electron chi connectivity index (χ2n) is 2.59. The molecule has 1 atom stereocenters. The summed E-state index contributed by atoms with van der Waals surface area (Å²) >= 11 is 0. The molecule has 1 rings (SSSR count). The number of rotatable bonds is 2. The van der Waals surface area contributed by atoms with Gasteiger partial charge in [0, 0.05) is 5.56 Å². The van der Waals surface area contributed by atoms with E-state index >= 15 is 0 Å². The Labute approximate surface area is 78.8 Å². The van der Waals surface area contributed by atoms with Crippen LogP contribution in [0.25, 0.3) is 0 Å². The predicted molar refractivity (Wildman–Crippen MR) is 43.7 cm³/mol. The van der Waals surface area contributed by atoms with Crippen LogP contribution in [-0.4, -0.2) is 16.2 Å². The van der Waals surface area contributed by atoms with Crippen LogP contribution < -0.4 is 0 Å². The molecular weight excluding hydrogens is 189 g/mol. The van der Waals surface area contributed by atoms with E-state index < -0.39 is 17.9 Å². The summed E-state index contributed by atoms with van der Waals surface area (Å²) in [4.78, 5) is 10.3. The molecule has 4 nitrogen and oxygen atoms in total. The summed E-state index contributed by atoms with van der Waals surface area (Å²) in [5.74, 6) is -2.44. The van der Waals surface area contributed by atoms with Crippen molar-refractivity contribution in [1.29, 1.82) is 5.26 Å². The Balaban J connectivity index is 3.13. The van der Waals surface area contributed by atoms with Crippen molar-refractivity contribution in [1.82, 2.24) is 0 Å². The maximum absolute atomic E-state index is 13.1. The van der Waals surface area contributed by atoms with Crippen LogP contribution in [-0.2, 0) is 4.79 Å². The summed E-state index contributed by atoms with van der Waals surface area (Å²) < 4.78 is 13.1. The molecule has 0 saturated carbocycles. The third kappa shape index (κ3) is 1.87. The lowest BCUT2D eigenvalue weighted by Gasteiger charge is -2.06. The average Bonchev–Trinajstić information content (AvgIpc) is 2.16. The van der Waals surface area contributed by atoms with Gasteiger partial charge in [0.25, 0.3) is 0 Å². The Hall–Kier alpha value is -1.93. The van der Waals surface area contributed by atoms with Gasteiger partial charge in [-0.05, 0) is 12.1 Å². The monoisotopic (exact) mass is 195 g/mol. The van der Waals surface area contributed by atoms with Gasteiger partial charge in [0.1, 0.15) is 5.82 Å². The largest absolute Gasteiger partial charge is 0.479 e. The summed E-state index contributed by atoms with van der Waals surface area (Å²) in [6.45, 7) is 0. The maximum atomic E-state index is 13.1. The van der Waals surface area contributed by atoms with Crippen molar-refractivity contribution in [3.63, 3.8) is 0 Å². The topological polar surface area (TPSA) is 81.3 Å². The van der Waals surface area contributed by atoms with Crippen molar-refractivity contribution in [2.45, 2.75) is 6.10 Å². The number of carbonyl (C=O) groups is 1. The number of hydrogen-bond acceptors (Lipinski definition) is 3. The molecular formula is C9H6FNO3. The molecule has 0 saturated heterocycles. The van der Waals surface area contributed by atoms with E-state index in [1.807, 2.05) is 0 Å². The molecule has 72 valence electrons. The van der Waals surface area contributed by atoms with Gasteiger partial charge in [-0.25, -0.2) is 9.18 Å². The van der Waals surface area contributed by atoms with Gasteiger partial charge in [0.2, 0.25) is 0 Å². The summed E-state index contributed by atoms with van der Waals surface area (Å²) in [5, 5.41) is 25.8. The fraction of sp³-hybridized carbons (Fsp3) is 0.111. The van der Waals surface area contributed by atoms with Crippen molar-refractivity contribution in [3.05, 3.63) is 35.1 Å². The highest BCUT2D eigenvalue weighted by molar-refractivity contribution is 5.74. The number of benzene rings is 1. The fourth-order valence-electron chi connectivity index (χ4n) is 0.951. The number of aliphatic hydroxyl groups excluding tert-OH is 1. The normalized spacial score (nSPS) is 11.8. The van der Waals surface area contributed by atoms with Crippen molar-refractivity contribution < 1.29 is 19.4 Å². The molecule has 0 aromatic heterocycles. The van der Waals surface area contributed by atoms with Crippen LogP contribution in [0.1, 0.15) is 17.2 Å². The van der Waals surface area contributed by atoms with Crippen molar-refractivity contribution >= 4 is 5.97 Å². The van der Waals surface area contributed by atoms with Gasteiger partial charge in [-0.15, -0.1) is 0 Å². The van der Waals surface area contributed by atoms with E-state index in [2.05, 4.69) is 0 Å². The number of aliphatic carboxylic acids is 1. The molecule has 0 heterocycles. The highest BCUT2D eigenvalue weighted by Crippen LogP contribution is 2.18. The van der Waals surface area contributed by atoms with E-state index in [-0.39, 0.29) is 11.1 Å². The van der Waals surface area contributed by atoms with Gasteiger partial charge >= 0.3 is 5.97 Å². The molecule has 0 fully saturated rings. The van der Waals surface area contributed by atoms with E-state index in [0.29, 0.717) is 0 Å². The second-order valence-corrected chi connectivity index (χ2v) is 2.59. The fourth-order valence-corrected chi connectivity index (χ4v) is 0.951. The first-order valence-corrected chi connectivity index (χ1v) is 3.66. The number of carboxylic acids is 1. The first kappa shape index (κ1) is 10.2. The number of carboxylic acid groups (broad SMARTS) is 1. The van der Waals surface area contributed by atoms with Gasteiger partial charge in [-0.3, -0.25) is 0 Å². The first-order chi connectivity index (χ1) is 6.56. The number of nitrogens with zero attached hydrogens (tertiary/aromatic N) is 1. The van der Waals surface area contributed by atoms with Gasteiger partial charge < -0.3 is 10.2 Å². The van der Waals surface area contributed by atoms with E-state index in [1.165, 1.54) is 6.07 Å². The van der Waals surface area contributed by atoms with Crippen LogP contribution in [0.3, 0.4) is 0 Å². The third-order valence-corrected chi connectivity index (χ3v) is 1.66. The predicted octanol–water partition coefficient (Wildman–Crippen LogP) is 0.815. The van der Waals surface area contributed by atoms with Gasteiger partial charge in [-0.2, -0.15) is 5.26 Å². The molecule has 1 aromatic rings. The van der Waals surface area contributed by atoms with E-state index in [9.17, 15) is 9.18 Å². The van der Waals surface area contributed by atoms with Crippen molar-refractivity contribution in [2.75, 3.05) is 0 Å². The van der Waals surface area contributed by atoms with E-state index in [0.717, 1.165) is 12.1 Å². The average molecular weight is 195 g/mol. The number of nitriles is 1. The smallest absolute Gasteiger partial charge is 0.337 e. The molecule has 14 heavy (non-hydrogen) atoms. The molecule has 2 N–H and O–H groups in total. The van der Waals surface area contributed by atoms with Gasteiger partial charge in [-0.1, -0.05) is 6.07 Å². The summed E-state index contributed by atoms with van der Waals surface area (Å²) in [5.41, 5.74) is -0.277. The summed E-state index contributed by atoms with van der Waals surface area (Å²) in [7, 11) is 0. The Bertz CT molecular complexity index is 411. The van der Waals surface area contributed by atoms with Gasteiger partial charge in [0.05, 0.1) is 11.6 Å². The van der Waals surface area contributed by atoms with Crippen molar-refractivity contribution in [3.8, 4) is 6.07 Å². The minimum Gasteiger partial charge on any atom is -0.479 e. The molecule has 0 amide bonds. The minimum absolute atomic E-state index is 0.0730. The van der Waals surface area contributed by atoms with Crippen LogP contribution in [0.5, 0.6) is 0 Å². The zero-order chi connectivity index (χ0) is 10.7. The zero-order valence-corrected chi connectivity index (χ0v) is 6.94. The molecule has 0 spiro atoms. The van der Waals surface area contributed by atoms with Crippen LogP contribution >= 0.6 is 0 Å². The summed E-state index contributed by atoms with van der Waals surface area (Å²) in [6, 6.07) is 4.89. The molecule has 5 heteroatoms. The lowest BCUT2D eigenvalue weighted by molar-refractivity contribution is -0.147. The molecule has 1 unspecified atom stereocenters. The third-order valence-electron chi connectivity index (χ3n) is 1.66. The quantitative estimate of drug-likeness (QED) is 0.731. The second kappa shape index (κ2) is 3.85. The van der Waals surface area contributed by atoms with Crippen LogP contribution in [0.15, 0.2) is 18.2 Å². The SMILES string of the molecule is N#Cc1ccc(C(O)C(=O)O)c(F)c1. The number of aliphatic hydroxyl groups is 1. The van der Waals surface area contributed by atoms with Crippen LogP contribution in [0, 0.1) is 17.1 Å². The molecule has 1 aromatic carbocycles. The Morgan fingerprint density at radius 2 is 2.21 bits per heavy atom. The lowest BCUT2D eigenvalue weighted by Crippen LogP contribution is -2.12. The number of halogens is 1. The first-order valence-electron chi connectivity index (χ1n) is 3.66. The standard InChI is InChI=1S/C9H6FNO3/c10-7-3-5(4-11)1-2-6(7)8(12)9(13)14/h1-3,8,12H,(H,13,14).